The van der Waals surface area contributed by atoms with Crippen LogP contribution in [0.4, 0.5) is 0 Å². The van der Waals surface area contributed by atoms with Gasteiger partial charge in [0.1, 0.15) is 5.78 Å². The maximum absolute atomic E-state index is 13.5. The number of ketones is 1. The standard InChI is InChI=1S/C35H43ClO3/c1-24(37)34(21-25-7-5-4-6-8-25)18-16-31-29-14-11-27-22-35(38,39-23-26-9-12-28(36)13-10-26)20-19-32(27,2)30(29)15-17-33(31,34)3/h4-13,29-31,38H,14-23H2,1-3H3. The van der Waals surface area contributed by atoms with E-state index < -0.39 is 5.79 Å². The first-order valence-corrected chi connectivity index (χ1v) is 15.3. The van der Waals surface area contributed by atoms with Crippen LogP contribution >= 0.6 is 11.6 Å². The van der Waals surface area contributed by atoms with E-state index in [9.17, 15) is 9.90 Å². The molecule has 2 aromatic rings. The second kappa shape index (κ2) is 9.86. The fourth-order valence-corrected chi connectivity index (χ4v) is 9.74. The van der Waals surface area contributed by atoms with Crippen molar-refractivity contribution in [3.63, 3.8) is 0 Å². The Balaban J connectivity index is 1.22. The molecule has 4 aliphatic rings. The monoisotopic (exact) mass is 546 g/mol. The zero-order chi connectivity index (χ0) is 27.5. The molecular weight excluding hydrogens is 504 g/mol. The molecule has 4 heteroatoms. The Hall–Kier alpha value is -1.94. The number of hydrogen-bond donors (Lipinski definition) is 1. The Morgan fingerprint density at radius 2 is 1.67 bits per heavy atom. The lowest BCUT2D eigenvalue weighted by molar-refractivity contribution is -0.231. The molecule has 3 fully saturated rings. The lowest BCUT2D eigenvalue weighted by Crippen LogP contribution is -2.55. The number of hydrogen-bond acceptors (Lipinski definition) is 3. The van der Waals surface area contributed by atoms with Gasteiger partial charge in [0.05, 0.1) is 6.61 Å². The van der Waals surface area contributed by atoms with Crippen LogP contribution in [0.25, 0.3) is 0 Å². The van der Waals surface area contributed by atoms with Crippen LogP contribution in [0.5, 0.6) is 0 Å². The smallest absolute Gasteiger partial charge is 0.169 e. The highest BCUT2D eigenvalue weighted by atomic mass is 35.5. The third-order valence-electron chi connectivity index (χ3n) is 11.9. The van der Waals surface area contributed by atoms with Crippen LogP contribution in [-0.4, -0.2) is 16.7 Å². The molecule has 7 unspecified atom stereocenters. The van der Waals surface area contributed by atoms with E-state index >= 15 is 0 Å². The van der Waals surface area contributed by atoms with Crippen molar-refractivity contribution in [2.45, 2.75) is 91.0 Å². The number of rotatable bonds is 6. The SMILES string of the molecule is CC(=O)C1(Cc2ccccc2)CCC2C3CC=C4CC(O)(OCc5ccc(Cl)cc5)CCC4(C)C3CCC21C. The van der Waals surface area contributed by atoms with Crippen molar-refractivity contribution < 1.29 is 14.6 Å². The summed E-state index contributed by atoms with van der Waals surface area (Å²) in [7, 11) is 0. The summed E-state index contributed by atoms with van der Waals surface area (Å²) in [5, 5.41) is 12.2. The van der Waals surface area contributed by atoms with Gasteiger partial charge in [-0.15, -0.1) is 0 Å². The highest BCUT2D eigenvalue weighted by molar-refractivity contribution is 6.30. The molecule has 6 rings (SSSR count). The number of benzene rings is 2. The van der Waals surface area contributed by atoms with Gasteiger partial charge in [-0.1, -0.05) is 79.6 Å². The van der Waals surface area contributed by atoms with Crippen LogP contribution in [0.3, 0.4) is 0 Å². The van der Waals surface area contributed by atoms with Gasteiger partial charge in [-0.3, -0.25) is 4.79 Å². The van der Waals surface area contributed by atoms with Gasteiger partial charge in [-0.25, -0.2) is 0 Å². The molecule has 7 atom stereocenters. The Morgan fingerprint density at radius 1 is 0.949 bits per heavy atom. The Kier molecular flexibility index (Phi) is 6.88. The topological polar surface area (TPSA) is 46.5 Å². The van der Waals surface area contributed by atoms with E-state index in [1.807, 2.05) is 31.2 Å². The number of ether oxygens (including phenoxy) is 1. The Labute approximate surface area is 239 Å². The minimum absolute atomic E-state index is 0.0363. The van der Waals surface area contributed by atoms with Crippen molar-refractivity contribution in [3.05, 3.63) is 82.4 Å². The average Bonchev–Trinajstić information content (AvgIpc) is 3.23. The van der Waals surface area contributed by atoms with Gasteiger partial charge >= 0.3 is 0 Å². The highest BCUT2D eigenvalue weighted by Crippen LogP contribution is 2.70. The molecular formula is C35H43ClO3. The average molecular weight is 547 g/mol. The molecule has 4 aliphatic carbocycles. The minimum Gasteiger partial charge on any atom is -0.365 e. The number of Topliss-reactive ketones (excluding diaryl/α,β-unsaturated/α-hetero) is 1. The summed E-state index contributed by atoms with van der Waals surface area (Å²) in [5.41, 5.74) is 3.57. The zero-order valence-electron chi connectivity index (χ0n) is 23.7. The molecule has 0 aromatic heterocycles. The minimum atomic E-state index is -1.12. The third-order valence-corrected chi connectivity index (χ3v) is 12.2. The Bertz CT molecular complexity index is 1250. The van der Waals surface area contributed by atoms with Crippen LogP contribution in [0.2, 0.25) is 5.02 Å². The van der Waals surface area contributed by atoms with Crippen LogP contribution in [0.1, 0.15) is 83.3 Å². The quantitative estimate of drug-likeness (QED) is 0.292. The van der Waals surface area contributed by atoms with Gasteiger partial charge in [0.15, 0.2) is 5.79 Å². The molecule has 0 aliphatic heterocycles. The number of aliphatic hydroxyl groups is 1. The van der Waals surface area contributed by atoms with Gasteiger partial charge in [0, 0.05) is 23.3 Å². The van der Waals surface area contributed by atoms with Crippen LogP contribution < -0.4 is 0 Å². The van der Waals surface area contributed by atoms with E-state index in [1.54, 1.807) is 0 Å². The maximum atomic E-state index is 13.5. The lowest BCUT2D eigenvalue weighted by atomic mass is 9.44. The van der Waals surface area contributed by atoms with E-state index in [-0.39, 0.29) is 16.2 Å². The molecule has 0 spiro atoms. The summed E-state index contributed by atoms with van der Waals surface area (Å²) < 4.78 is 6.16. The van der Waals surface area contributed by atoms with E-state index in [0.29, 0.717) is 48.0 Å². The summed E-state index contributed by atoms with van der Waals surface area (Å²) in [6.45, 7) is 7.15. The van der Waals surface area contributed by atoms with Crippen molar-refractivity contribution in [2.24, 2.45) is 34.0 Å². The van der Waals surface area contributed by atoms with Crippen molar-refractivity contribution in [3.8, 4) is 0 Å². The summed E-state index contributed by atoms with van der Waals surface area (Å²) in [6, 6.07) is 18.3. The van der Waals surface area contributed by atoms with Gasteiger partial charge < -0.3 is 9.84 Å². The Morgan fingerprint density at radius 3 is 2.38 bits per heavy atom. The van der Waals surface area contributed by atoms with Gasteiger partial charge in [0.25, 0.3) is 0 Å². The summed E-state index contributed by atoms with van der Waals surface area (Å²) in [6.07, 6.45) is 11.0. The molecule has 208 valence electrons. The normalized spacial score (nSPS) is 39.3. The number of allylic oxidation sites excluding steroid dienone is 1. The second-order valence-electron chi connectivity index (χ2n) is 13.6. The summed E-state index contributed by atoms with van der Waals surface area (Å²) >= 11 is 6.03. The number of halogens is 1. The molecule has 0 bridgehead atoms. The number of fused-ring (bicyclic) bond motifs is 5. The first-order valence-electron chi connectivity index (χ1n) is 14.9. The summed E-state index contributed by atoms with van der Waals surface area (Å²) in [4.78, 5) is 13.5. The van der Waals surface area contributed by atoms with Gasteiger partial charge in [0.2, 0.25) is 0 Å². The fourth-order valence-electron chi connectivity index (χ4n) is 9.61. The molecule has 39 heavy (non-hydrogen) atoms. The molecule has 3 nitrogen and oxygen atoms in total. The van der Waals surface area contributed by atoms with Crippen LogP contribution in [0.15, 0.2) is 66.2 Å². The van der Waals surface area contributed by atoms with Crippen molar-refractivity contribution in [2.75, 3.05) is 0 Å². The molecule has 0 amide bonds. The molecule has 0 radical (unpaired) electrons. The van der Waals surface area contributed by atoms with Crippen molar-refractivity contribution >= 4 is 17.4 Å². The first-order chi connectivity index (χ1) is 18.6. The molecule has 3 saturated carbocycles. The zero-order valence-corrected chi connectivity index (χ0v) is 24.5. The molecule has 1 N–H and O–H groups in total. The van der Waals surface area contributed by atoms with E-state index in [0.717, 1.165) is 44.1 Å². The predicted octanol–water partition coefficient (Wildman–Crippen LogP) is 8.33. The van der Waals surface area contributed by atoms with E-state index in [2.05, 4.69) is 50.3 Å². The van der Waals surface area contributed by atoms with Gasteiger partial charge in [-0.05, 0) is 104 Å². The first kappa shape index (κ1) is 27.2. The van der Waals surface area contributed by atoms with Crippen molar-refractivity contribution in [1.29, 1.82) is 0 Å². The lowest BCUT2D eigenvalue weighted by Gasteiger charge is -2.60. The maximum Gasteiger partial charge on any atom is 0.169 e. The summed E-state index contributed by atoms with van der Waals surface area (Å²) in [5.74, 6) is 1.05. The van der Waals surface area contributed by atoms with E-state index in [1.165, 1.54) is 17.6 Å². The van der Waals surface area contributed by atoms with E-state index in [4.69, 9.17) is 16.3 Å². The second-order valence-corrected chi connectivity index (χ2v) is 14.0. The fraction of sp³-hybridized carbons (Fsp3) is 0.571. The number of carbonyl (C=O) groups is 1. The number of carbonyl (C=O) groups excluding carboxylic acids is 1. The van der Waals surface area contributed by atoms with Crippen LogP contribution in [-0.2, 0) is 22.6 Å². The molecule has 2 aromatic carbocycles. The largest absolute Gasteiger partial charge is 0.365 e. The van der Waals surface area contributed by atoms with Gasteiger partial charge in [-0.2, -0.15) is 0 Å². The van der Waals surface area contributed by atoms with Crippen LogP contribution in [0, 0.1) is 34.0 Å². The molecule has 0 saturated heterocycles. The highest BCUT2D eigenvalue weighted by Gasteiger charge is 2.65. The molecule has 0 heterocycles. The predicted molar refractivity (Wildman–Crippen MR) is 156 cm³/mol. The van der Waals surface area contributed by atoms with Crippen molar-refractivity contribution in [1.82, 2.24) is 0 Å². The third kappa shape index (κ3) is 4.44.